The Morgan fingerprint density at radius 3 is 2.00 bits per heavy atom. The van der Waals surface area contributed by atoms with Crippen molar-refractivity contribution in [3.63, 3.8) is 0 Å². The van der Waals surface area contributed by atoms with Crippen LogP contribution < -0.4 is 73.6 Å². The predicted molar refractivity (Wildman–Crippen MR) is 45.1 cm³/mol. The molecule has 0 amide bonds. The van der Waals surface area contributed by atoms with Crippen molar-refractivity contribution in [2.75, 3.05) is 0 Å². The van der Waals surface area contributed by atoms with Crippen LogP contribution in [0.5, 0.6) is 5.75 Å². The van der Waals surface area contributed by atoms with Crippen LogP contribution in [-0.2, 0) is 4.57 Å². The van der Waals surface area contributed by atoms with Crippen LogP contribution in [0.15, 0.2) is 24.3 Å². The smallest absolute Gasteiger partial charge is 0.803 e. The van der Waals surface area contributed by atoms with Crippen molar-refractivity contribution in [3.05, 3.63) is 29.3 Å². The largest absolute Gasteiger partial charge is 1.00 e. The molecular weight excluding hydrogens is 276 g/mol. The minimum atomic E-state index is -5.33. The van der Waals surface area contributed by atoms with Crippen LogP contribution >= 0.6 is 19.2 Å². The average Bonchev–Trinajstić information content (AvgIpc) is 2.07. The second kappa shape index (κ2) is 8.27. The van der Waals surface area contributed by atoms with Crippen molar-refractivity contribution in [1.82, 2.24) is 0 Å². The van der Waals surface area contributed by atoms with E-state index in [2.05, 4.69) is 4.74 Å². The molecule has 1 rings (SSSR count). The molecule has 1 aromatic carbocycles. The minimum absolute atomic E-state index is 0. The summed E-state index contributed by atoms with van der Waals surface area (Å²) in [4.78, 5) is 30.9. The summed E-state index contributed by atoms with van der Waals surface area (Å²) in [6.45, 7) is 0. The third-order valence-electron chi connectivity index (χ3n) is 1.24. The fourth-order valence-corrected chi connectivity index (χ4v) is 1.00. The minimum Gasteiger partial charge on any atom is -0.803 e. The van der Waals surface area contributed by atoms with Crippen LogP contribution in [0.1, 0.15) is 0 Å². The summed E-state index contributed by atoms with van der Waals surface area (Å²) >= 11 is 5.52. The molecule has 0 heterocycles. The van der Waals surface area contributed by atoms with Gasteiger partial charge in [-0.15, -0.1) is 0 Å². The molecule has 0 fully saturated rings. The summed E-state index contributed by atoms with van der Waals surface area (Å²) in [6, 6.07) is 5.33. The van der Waals surface area contributed by atoms with Gasteiger partial charge in [0.2, 0.25) is 0 Å². The van der Waals surface area contributed by atoms with E-state index >= 15 is 0 Å². The molecule has 0 bridgehead atoms. The van der Waals surface area contributed by atoms with Gasteiger partial charge in [0.1, 0.15) is 5.75 Å². The standard InChI is InChI=1S/C7H6ClO5P.2Na/c8-5-1-3-6(4-2-5)13-7(9)14(10,11)12;;/h1-4H,(H2,10,11,12);;/q;2*+1/p-2. The van der Waals surface area contributed by atoms with Crippen LogP contribution in [0.4, 0.5) is 4.79 Å². The first-order chi connectivity index (χ1) is 6.39. The molecule has 0 radical (unpaired) electrons. The molecule has 0 N–H and O–H groups in total. The van der Waals surface area contributed by atoms with E-state index in [-0.39, 0.29) is 64.9 Å². The Morgan fingerprint density at radius 1 is 1.19 bits per heavy atom. The number of rotatable bonds is 2. The van der Waals surface area contributed by atoms with Crippen molar-refractivity contribution >= 4 is 24.9 Å². The number of carbonyl (C=O) groups excluding carboxylic acids is 1. The number of hydrogen-bond donors (Lipinski definition) is 0. The summed E-state index contributed by atoms with van der Waals surface area (Å²) in [5.41, 5.74) is -1.81. The number of benzene rings is 1. The van der Waals surface area contributed by atoms with Crippen LogP contribution in [0.25, 0.3) is 0 Å². The third kappa shape index (κ3) is 6.77. The van der Waals surface area contributed by atoms with Crippen LogP contribution in [-0.4, -0.2) is 5.71 Å². The normalized spacial score (nSPS) is 9.69. The van der Waals surface area contributed by atoms with E-state index in [4.69, 9.17) is 11.6 Å². The van der Waals surface area contributed by atoms with Crippen molar-refractivity contribution < 1.29 is 83.0 Å². The Morgan fingerprint density at radius 2 is 1.62 bits per heavy atom. The van der Waals surface area contributed by atoms with Gasteiger partial charge in [0.15, 0.2) is 0 Å². The molecule has 0 spiro atoms. The first kappa shape index (κ1) is 19.5. The van der Waals surface area contributed by atoms with Crippen LogP contribution in [0.3, 0.4) is 0 Å². The van der Waals surface area contributed by atoms with Crippen molar-refractivity contribution in [2.45, 2.75) is 0 Å². The maximum absolute atomic E-state index is 10.6. The molecule has 5 nitrogen and oxygen atoms in total. The first-order valence-corrected chi connectivity index (χ1v) is 5.31. The van der Waals surface area contributed by atoms with Gasteiger partial charge in [0.05, 0.1) is 0 Å². The zero-order valence-corrected chi connectivity index (χ0v) is 14.3. The Kier molecular flexibility index (Phi) is 10.1. The Balaban J connectivity index is 0. The Hall–Kier alpha value is 1.13. The molecule has 9 heteroatoms. The van der Waals surface area contributed by atoms with Crippen LogP contribution in [0, 0.1) is 0 Å². The van der Waals surface area contributed by atoms with Crippen molar-refractivity contribution in [2.24, 2.45) is 0 Å². The van der Waals surface area contributed by atoms with Gasteiger partial charge in [-0.05, 0) is 24.3 Å². The van der Waals surface area contributed by atoms with Gasteiger partial charge in [-0.25, -0.2) is 4.79 Å². The van der Waals surface area contributed by atoms with Crippen molar-refractivity contribution in [1.29, 1.82) is 0 Å². The quantitative estimate of drug-likeness (QED) is 0.399. The fraction of sp³-hybridized carbons (Fsp3) is 0. The van der Waals surface area contributed by atoms with Gasteiger partial charge in [-0.3, -0.25) is 0 Å². The molecule has 16 heavy (non-hydrogen) atoms. The SMILES string of the molecule is O=C(Oc1ccc(Cl)cc1)P(=O)([O-])[O-].[Na+].[Na+]. The summed E-state index contributed by atoms with van der Waals surface area (Å²) < 4.78 is 14.4. The molecule has 0 unspecified atom stereocenters. The van der Waals surface area contributed by atoms with Gasteiger partial charge in [0.25, 0.3) is 0 Å². The summed E-state index contributed by atoms with van der Waals surface area (Å²) in [6.07, 6.45) is 0. The summed E-state index contributed by atoms with van der Waals surface area (Å²) in [5, 5.41) is 0.400. The molecule has 0 aliphatic carbocycles. The second-order valence-electron chi connectivity index (χ2n) is 2.32. The molecule has 0 saturated carbocycles. The summed E-state index contributed by atoms with van der Waals surface area (Å²) in [7, 11) is -5.33. The summed E-state index contributed by atoms with van der Waals surface area (Å²) in [5.74, 6) is -0.0497. The van der Waals surface area contributed by atoms with E-state index < -0.39 is 13.3 Å². The Bertz CT molecular complexity index is 390. The van der Waals surface area contributed by atoms with E-state index in [1.54, 1.807) is 0 Å². The number of carbonyl (C=O) groups is 1. The zero-order chi connectivity index (χ0) is 10.8. The van der Waals surface area contributed by atoms with E-state index in [1.165, 1.54) is 24.3 Å². The monoisotopic (exact) mass is 280 g/mol. The van der Waals surface area contributed by atoms with E-state index in [1.807, 2.05) is 0 Å². The van der Waals surface area contributed by atoms with E-state index in [0.717, 1.165) is 0 Å². The maximum Gasteiger partial charge on any atom is 1.00 e. The molecule has 1 aromatic rings. The third-order valence-corrected chi connectivity index (χ3v) is 2.03. The molecule has 0 aromatic heterocycles. The predicted octanol–water partition coefficient (Wildman–Crippen LogP) is -5.24. The maximum atomic E-state index is 10.6. The van der Waals surface area contributed by atoms with E-state index in [9.17, 15) is 19.1 Å². The first-order valence-electron chi connectivity index (χ1n) is 3.39. The molecule has 76 valence electrons. The molecule has 0 aliphatic heterocycles. The number of hydrogen-bond acceptors (Lipinski definition) is 5. The van der Waals surface area contributed by atoms with Gasteiger partial charge < -0.3 is 19.1 Å². The van der Waals surface area contributed by atoms with E-state index in [0.29, 0.717) is 5.02 Å². The molecular formula is C7H4ClNa2O5P. The van der Waals surface area contributed by atoms with Gasteiger partial charge >= 0.3 is 64.8 Å². The average molecular weight is 281 g/mol. The fourth-order valence-electron chi connectivity index (χ4n) is 0.659. The topological polar surface area (TPSA) is 89.5 Å². The van der Waals surface area contributed by atoms with Gasteiger partial charge in [0, 0.05) is 12.6 Å². The second-order valence-corrected chi connectivity index (χ2v) is 4.12. The number of halogens is 1. The van der Waals surface area contributed by atoms with Gasteiger partial charge in [-0.2, -0.15) is 0 Å². The number of ether oxygens (including phenoxy) is 1. The van der Waals surface area contributed by atoms with Crippen LogP contribution in [0.2, 0.25) is 5.02 Å². The molecule has 0 atom stereocenters. The van der Waals surface area contributed by atoms with Gasteiger partial charge in [-0.1, -0.05) is 11.6 Å². The van der Waals surface area contributed by atoms with Crippen molar-refractivity contribution in [3.8, 4) is 5.75 Å². The zero-order valence-electron chi connectivity index (χ0n) is 8.68. The molecule has 0 saturated heterocycles. The molecule has 0 aliphatic rings. The Labute approximate surface area is 141 Å².